The van der Waals surface area contributed by atoms with Crippen LogP contribution in [-0.2, 0) is 0 Å². The number of hydrogen-bond donors (Lipinski definition) is 3. The summed E-state index contributed by atoms with van der Waals surface area (Å²) in [4.78, 5) is 35.7. The highest BCUT2D eigenvalue weighted by Crippen LogP contribution is 2.32. The smallest absolute Gasteiger partial charge is 0.296 e. The van der Waals surface area contributed by atoms with Crippen LogP contribution in [0.3, 0.4) is 0 Å². The van der Waals surface area contributed by atoms with Crippen LogP contribution >= 0.6 is 23.1 Å². The highest BCUT2D eigenvalue weighted by Gasteiger charge is 2.18. The van der Waals surface area contributed by atoms with Gasteiger partial charge in [0.2, 0.25) is 30.6 Å². The van der Waals surface area contributed by atoms with E-state index in [9.17, 15) is 18.4 Å². The molecule has 4 aromatic rings. The van der Waals surface area contributed by atoms with E-state index in [4.69, 9.17) is 21.1 Å². The number of benzene rings is 2. The lowest BCUT2D eigenvalue weighted by Crippen LogP contribution is -2.15. The van der Waals surface area contributed by atoms with Gasteiger partial charge in [0.05, 0.1) is 11.0 Å². The van der Waals surface area contributed by atoms with Crippen molar-refractivity contribution in [3.8, 4) is 11.5 Å². The summed E-state index contributed by atoms with van der Waals surface area (Å²) in [5, 5.41) is 5.52. The van der Waals surface area contributed by atoms with E-state index in [1.54, 1.807) is 18.2 Å². The maximum absolute atomic E-state index is 12.6. The molecule has 14 heteroatoms. The van der Waals surface area contributed by atoms with Crippen molar-refractivity contribution in [1.82, 2.24) is 19.3 Å². The first kappa shape index (κ1) is 22.4. The monoisotopic (exact) mass is 494 g/mol. The Hall–Kier alpha value is -3.84. The molecule has 0 radical (unpaired) electrons. The number of aromatic nitrogens is 4. The van der Waals surface area contributed by atoms with Crippen LogP contribution in [-0.4, -0.2) is 44.9 Å². The van der Waals surface area contributed by atoms with E-state index in [-0.39, 0.29) is 28.4 Å². The molecule has 0 spiro atoms. The molecule has 0 aliphatic heterocycles. The Morgan fingerprint density at radius 3 is 2.52 bits per heavy atom. The molecular weight excluding hydrogens is 482 g/mol. The third kappa shape index (κ3) is 5.15. The Morgan fingerprint density at radius 1 is 1.03 bits per heavy atom. The predicted molar refractivity (Wildman–Crippen MR) is 117 cm³/mol. The van der Waals surface area contributed by atoms with Gasteiger partial charge < -0.3 is 14.5 Å². The Kier molecular flexibility index (Phi) is 6.60. The number of fused-ring (bicyclic) bond motifs is 1. The van der Waals surface area contributed by atoms with Gasteiger partial charge in [0.25, 0.3) is 11.8 Å². The number of hydrogen-bond acceptors (Lipinski definition) is 8. The van der Waals surface area contributed by atoms with Crippen molar-refractivity contribution in [2.75, 3.05) is 24.4 Å². The van der Waals surface area contributed by atoms with Crippen LogP contribution in [0.5, 0.6) is 11.5 Å². The van der Waals surface area contributed by atoms with Crippen molar-refractivity contribution in [3.63, 3.8) is 0 Å². The quantitative estimate of drug-likeness (QED) is 0.335. The first-order valence-electron chi connectivity index (χ1n) is 9.10. The number of H-pyrrole nitrogens is 1. The minimum Gasteiger partial charge on any atom is -0.459 e. The standard InChI is InChI=1S/C19H13ClF2N6O4S/c20-10-3-1-2-9(4-10)16(29)27-19-25-15(28-33-19)17(30)26-18-23-11-5-13(31-7-21)14(32-8-22)6-12(11)24-18/h1-6H,7-8H2,(H2,23,24,26,30)(H,25,27,28,29). The van der Waals surface area contributed by atoms with Gasteiger partial charge in [-0.2, -0.15) is 9.36 Å². The molecule has 170 valence electrons. The van der Waals surface area contributed by atoms with E-state index in [2.05, 4.69) is 30.0 Å². The number of rotatable bonds is 8. The summed E-state index contributed by atoms with van der Waals surface area (Å²) in [5.41, 5.74) is 1.000. The number of imidazole rings is 1. The highest BCUT2D eigenvalue weighted by molar-refractivity contribution is 7.10. The topological polar surface area (TPSA) is 131 Å². The summed E-state index contributed by atoms with van der Waals surface area (Å²) in [5.74, 6) is -1.43. The van der Waals surface area contributed by atoms with E-state index in [1.165, 1.54) is 18.2 Å². The van der Waals surface area contributed by atoms with Gasteiger partial charge in [0, 0.05) is 34.3 Å². The van der Waals surface area contributed by atoms with Crippen LogP contribution in [0.1, 0.15) is 21.0 Å². The van der Waals surface area contributed by atoms with Gasteiger partial charge in [-0.25, -0.2) is 13.8 Å². The van der Waals surface area contributed by atoms with Crippen LogP contribution in [0.2, 0.25) is 5.02 Å². The van der Waals surface area contributed by atoms with Gasteiger partial charge in [-0.15, -0.1) is 0 Å². The van der Waals surface area contributed by atoms with Gasteiger partial charge in [0.1, 0.15) is 0 Å². The first-order valence-corrected chi connectivity index (χ1v) is 10.2. The van der Waals surface area contributed by atoms with Crippen molar-refractivity contribution < 1.29 is 27.8 Å². The molecular formula is C19H13ClF2N6O4S. The van der Waals surface area contributed by atoms with Crippen LogP contribution in [0.25, 0.3) is 11.0 Å². The number of alkyl halides is 2. The summed E-state index contributed by atoms with van der Waals surface area (Å²) in [7, 11) is 0. The van der Waals surface area contributed by atoms with E-state index in [0.29, 0.717) is 21.6 Å². The average Bonchev–Trinajstić information content (AvgIpc) is 3.40. The zero-order valence-electron chi connectivity index (χ0n) is 16.4. The molecule has 0 saturated carbocycles. The number of nitrogens with one attached hydrogen (secondary N) is 3. The van der Waals surface area contributed by atoms with Crippen molar-refractivity contribution in [3.05, 3.63) is 52.8 Å². The zero-order chi connectivity index (χ0) is 23.4. The molecule has 2 heterocycles. The number of halogens is 3. The van der Waals surface area contributed by atoms with Crippen molar-refractivity contribution in [2.24, 2.45) is 0 Å². The maximum Gasteiger partial charge on any atom is 0.296 e. The average molecular weight is 495 g/mol. The lowest BCUT2D eigenvalue weighted by molar-refractivity contribution is 0.101. The van der Waals surface area contributed by atoms with Gasteiger partial charge in [0.15, 0.2) is 11.5 Å². The fraction of sp³-hybridized carbons (Fsp3) is 0.105. The second-order valence-electron chi connectivity index (χ2n) is 6.25. The molecule has 0 unspecified atom stereocenters. The van der Waals surface area contributed by atoms with Gasteiger partial charge in [-0.3, -0.25) is 20.2 Å². The number of aromatic amines is 1. The fourth-order valence-electron chi connectivity index (χ4n) is 2.75. The molecule has 2 aromatic carbocycles. The molecule has 0 atom stereocenters. The molecule has 0 saturated heterocycles. The van der Waals surface area contributed by atoms with Crippen molar-refractivity contribution in [1.29, 1.82) is 0 Å². The minimum absolute atomic E-state index is 0.0258. The van der Waals surface area contributed by atoms with Crippen LogP contribution < -0.4 is 20.1 Å². The third-order valence-corrected chi connectivity index (χ3v) is 5.00. The molecule has 4 rings (SSSR count). The van der Waals surface area contributed by atoms with Crippen LogP contribution in [0, 0.1) is 0 Å². The van der Waals surface area contributed by atoms with Gasteiger partial charge in [-0.05, 0) is 18.2 Å². The van der Waals surface area contributed by atoms with E-state index < -0.39 is 25.5 Å². The Morgan fingerprint density at radius 2 is 1.79 bits per heavy atom. The maximum atomic E-state index is 12.6. The van der Waals surface area contributed by atoms with Crippen LogP contribution in [0.15, 0.2) is 36.4 Å². The van der Waals surface area contributed by atoms with Crippen molar-refractivity contribution >= 4 is 57.1 Å². The third-order valence-electron chi connectivity index (χ3n) is 4.14. The Bertz CT molecular complexity index is 1290. The number of nitrogens with zero attached hydrogens (tertiary/aromatic N) is 3. The van der Waals surface area contributed by atoms with Gasteiger partial charge in [-0.1, -0.05) is 17.7 Å². The first-order chi connectivity index (χ1) is 16.0. The van der Waals surface area contributed by atoms with E-state index >= 15 is 0 Å². The predicted octanol–water partition coefficient (Wildman–Crippen LogP) is 4.18. The second-order valence-corrected chi connectivity index (χ2v) is 7.44. The lowest BCUT2D eigenvalue weighted by atomic mass is 10.2. The van der Waals surface area contributed by atoms with Crippen molar-refractivity contribution in [2.45, 2.75) is 0 Å². The number of anilines is 2. The molecule has 0 aliphatic carbocycles. The Balaban J connectivity index is 1.47. The number of carbonyl (C=O) groups excluding carboxylic acids is 2. The molecule has 3 N–H and O–H groups in total. The second kappa shape index (κ2) is 9.75. The SMILES string of the molecule is O=C(Nc1nc(C(=O)Nc2nc3cc(OCF)c(OCF)cc3[nH]2)ns1)c1cccc(Cl)c1. The van der Waals surface area contributed by atoms with Gasteiger partial charge >= 0.3 is 0 Å². The lowest BCUT2D eigenvalue weighted by Gasteiger charge is -2.07. The summed E-state index contributed by atoms with van der Waals surface area (Å²) in [6.45, 7) is -2.29. The van der Waals surface area contributed by atoms with E-state index in [0.717, 1.165) is 11.5 Å². The minimum atomic E-state index is -1.14. The molecule has 0 fully saturated rings. The number of amides is 2. The Labute approximate surface area is 193 Å². The normalized spacial score (nSPS) is 10.8. The van der Waals surface area contributed by atoms with Crippen LogP contribution in [0.4, 0.5) is 19.9 Å². The zero-order valence-corrected chi connectivity index (χ0v) is 18.0. The molecule has 10 nitrogen and oxygen atoms in total. The fourth-order valence-corrected chi connectivity index (χ4v) is 3.50. The molecule has 0 bridgehead atoms. The largest absolute Gasteiger partial charge is 0.459 e. The summed E-state index contributed by atoms with van der Waals surface area (Å²) in [6, 6.07) is 9.01. The number of carbonyl (C=O) groups is 2. The summed E-state index contributed by atoms with van der Waals surface area (Å²) < 4.78 is 38.6. The van der Waals surface area contributed by atoms with E-state index in [1.807, 2.05) is 0 Å². The summed E-state index contributed by atoms with van der Waals surface area (Å²) >= 11 is 6.69. The molecule has 33 heavy (non-hydrogen) atoms. The molecule has 0 aliphatic rings. The molecule has 2 aromatic heterocycles. The number of ether oxygens (including phenoxy) is 2. The molecule has 2 amide bonds. The highest BCUT2D eigenvalue weighted by atomic mass is 35.5. The summed E-state index contributed by atoms with van der Waals surface area (Å²) in [6.07, 6.45) is 0.